The van der Waals surface area contributed by atoms with Crippen LogP contribution >= 0.6 is 24.1 Å². The van der Waals surface area contributed by atoms with Gasteiger partial charge in [0.2, 0.25) is 24.1 Å². The molecule has 36 heavy (non-hydrogen) atoms. The SMILES string of the molecule is O=C(O)CCC(N1CCN(C(CCC(=O)O)[PH](=O)O)CCN(C(CCC(=O)O)[PH](=O)O)CC1)[PH](=O)O. The van der Waals surface area contributed by atoms with E-state index in [0.717, 1.165) is 0 Å². The lowest BCUT2D eigenvalue weighted by Crippen LogP contribution is -2.43. The van der Waals surface area contributed by atoms with Crippen molar-refractivity contribution in [2.75, 3.05) is 39.3 Å². The highest BCUT2D eigenvalue weighted by Gasteiger charge is 2.32. The Bertz CT molecular complexity index is 716. The Labute approximate surface area is 210 Å². The highest BCUT2D eigenvalue weighted by molar-refractivity contribution is 7.39. The van der Waals surface area contributed by atoms with E-state index in [1.54, 1.807) is 14.7 Å². The van der Waals surface area contributed by atoms with E-state index in [1.807, 2.05) is 0 Å². The van der Waals surface area contributed by atoms with Crippen LogP contribution in [0.1, 0.15) is 38.5 Å². The second-order valence-electron chi connectivity index (χ2n) is 8.47. The third-order valence-corrected chi connectivity index (χ3v) is 9.77. The Balaban J connectivity index is 3.30. The van der Waals surface area contributed by atoms with Crippen molar-refractivity contribution in [3.8, 4) is 0 Å². The molecule has 15 nitrogen and oxygen atoms in total. The number of nitrogens with zero attached hydrogens (tertiary/aromatic N) is 3. The Morgan fingerprint density at radius 2 is 0.722 bits per heavy atom. The molecule has 1 aliphatic rings. The van der Waals surface area contributed by atoms with Crippen molar-refractivity contribution in [2.45, 2.75) is 55.9 Å². The fraction of sp³-hybridized carbons (Fsp3) is 0.833. The van der Waals surface area contributed by atoms with Crippen molar-refractivity contribution in [3.63, 3.8) is 0 Å². The van der Waals surface area contributed by atoms with Gasteiger partial charge in [-0.1, -0.05) is 0 Å². The number of aliphatic carboxylic acids is 3. The van der Waals surface area contributed by atoms with Crippen molar-refractivity contribution >= 4 is 42.0 Å². The second-order valence-corrected chi connectivity index (χ2v) is 12.5. The molecule has 0 amide bonds. The Hall–Kier alpha value is -1.14. The minimum Gasteiger partial charge on any atom is -0.481 e. The van der Waals surface area contributed by atoms with Crippen molar-refractivity contribution < 1.29 is 58.1 Å². The Morgan fingerprint density at radius 3 is 0.861 bits per heavy atom. The van der Waals surface area contributed by atoms with Crippen LogP contribution in [0.2, 0.25) is 0 Å². The zero-order valence-corrected chi connectivity index (χ0v) is 22.7. The molecule has 18 heteroatoms. The molecule has 0 aliphatic carbocycles. The molecule has 0 spiro atoms. The van der Waals surface area contributed by atoms with Gasteiger partial charge in [-0.2, -0.15) is 0 Å². The number of carboxylic acids is 3. The summed E-state index contributed by atoms with van der Waals surface area (Å²) in [7, 11) is -9.74. The van der Waals surface area contributed by atoms with Crippen molar-refractivity contribution in [2.24, 2.45) is 0 Å². The lowest BCUT2D eigenvalue weighted by molar-refractivity contribution is -0.138. The van der Waals surface area contributed by atoms with Gasteiger partial charge in [0.25, 0.3) is 0 Å². The summed E-state index contributed by atoms with van der Waals surface area (Å²) >= 11 is 0. The topological polar surface area (TPSA) is 234 Å². The Kier molecular flexibility index (Phi) is 15.2. The quantitative estimate of drug-likeness (QED) is 0.139. The first-order chi connectivity index (χ1) is 16.8. The van der Waals surface area contributed by atoms with Crippen molar-refractivity contribution in [1.29, 1.82) is 0 Å². The molecule has 1 heterocycles. The zero-order chi connectivity index (χ0) is 27.4. The lowest BCUT2D eigenvalue weighted by Gasteiger charge is -2.33. The van der Waals surface area contributed by atoms with Crippen molar-refractivity contribution in [3.05, 3.63) is 0 Å². The number of carboxylic acid groups (broad SMARTS) is 3. The van der Waals surface area contributed by atoms with E-state index in [-0.39, 0.29) is 77.8 Å². The molecule has 6 unspecified atom stereocenters. The molecule has 0 aromatic heterocycles. The Morgan fingerprint density at radius 1 is 0.528 bits per heavy atom. The molecule has 6 N–H and O–H groups in total. The van der Waals surface area contributed by atoms with Gasteiger partial charge in [0.1, 0.15) is 0 Å². The minimum absolute atomic E-state index is 0.0991. The maximum absolute atomic E-state index is 12.1. The zero-order valence-electron chi connectivity index (χ0n) is 19.7. The summed E-state index contributed by atoms with van der Waals surface area (Å²) in [5.74, 6) is -6.55. The van der Waals surface area contributed by atoms with Gasteiger partial charge < -0.3 is 30.0 Å². The predicted molar refractivity (Wildman–Crippen MR) is 130 cm³/mol. The predicted octanol–water partition coefficient (Wildman–Crippen LogP) is -0.120. The molecule has 1 fully saturated rings. The minimum atomic E-state index is -3.25. The fourth-order valence-electron chi connectivity index (χ4n) is 4.21. The standard InChI is InChI=1S/C18H36N3O12P3/c22-16(23)4-1-13(34(28)29)19-7-9-20(14(35(30)31)2-5-17(24)25)11-12-21(10-8-19)15(36(32)33)3-6-18(26)27/h13-15,34-36H,1-12H2,(H,22,23)(H,24,25)(H,26,27)(H,28,29)(H,30,31)(H,32,33). The van der Waals surface area contributed by atoms with Crippen LogP contribution in [0.3, 0.4) is 0 Å². The largest absolute Gasteiger partial charge is 0.481 e. The first kappa shape index (κ1) is 32.9. The van der Waals surface area contributed by atoms with Gasteiger partial charge in [-0.15, -0.1) is 0 Å². The molecule has 0 radical (unpaired) electrons. The smallest absolute Gasteiger partial charge is 0.303 e. The van der Waals surface area contributed by atoms with Crippen LogP contribution in [0.15, 0.2) is 0 Å². The highest BCUT2D eigenvalue weighted by atomic mass is 31.1. The van der Waals surface area contributed by atoms with E-state index in [4.69, 9.17) is 15.3 Å². The molecular formula is C18H36N3O12P3. The van der Waals surface area contributed by atoms with E-state index >= 15 is 0 Å². The monoisotopic (exact) mass is 579 g/mol. The average Bonchev–Trinajstić information content (AvgIpc) is 2.85. The summed E-state index contributed by atoms with van der Waals surface area (Å²) in [6.07, 6.45) is -1.53. The highest BCUT2D eigenvalue weighted by Crippen LogP contribution is 2.34. The summed E-state index contributed by atoms with van der Waals surface area (Å²) in [6.45, 7) is 0.595. The number of hydrogen-bond donors (Lipinski definition) is 6. The summed E-state index contributed by atoms with van der Waals surface area (Å²) in [5, 5.41) is 27.1. The summed E-state index contributed by atoms with van der Waals surface area (Å²) in [5.41, 5.74) is 0. The van der Waals surface area contributed by atoms with Crippen LogP contribution < -0.4 is 0 Å². The maximum atomic E-state index is 12.1. The van der Waals surface area contributed by atoms with E-state index in [0.29, 0.717) is 0 Å². The van der Waals surface area contributed by atoms with Gasteiger partial charge in [-0.25, -0.2) is 0 Å². The van der Waals surface area contributed by atoms with E-state index in [9.17, 15) is 42.8 Å². The van der Waals surface area contributed by atoms with Crippen LogP contribution in [0.25, 0.3) is 0 Å². The number of rotatable bonds is 15. The van der Waals surface area contributed by atoms with Crippen LogP contribution in [0, 0.1) is 0 Å². The summed E-state index contributed by atoms with van der Waals surface area (Å²) in [4.78, 5) is 67.6. The first-order valence-corrected chi connectivity index (χ1v) is 15.7. The molecule has 0 bridgehead atoms. The van der Waals surface area contributed by atoms with Gasteiger partial charge in [-0.05, 0) is 19.3 Å². The van der Waals surface area contributed by atoms with Crippen LogP contribution in [0.5, 0.6) is 0 Å². The van der Waals surface area contributed by atoms with Crippen LogP contribution in [0.4, 0.5) is 0 Å². The molecular weight excluding hydrogens is 543 g/mol. The molecule has 1 rings (SSSR count). The normalized spacial score (nSPS) is 21.8. The molecule has 1 aliphatic heterocycles. The van der Waals surface area contributed by atoms with Gasteiger partial charge in [0, 0.05) is 58.5 Å². The van der Waals surface area contributed by atoms with Crippen LogP contribution in [-0.4, -0.2) is 119 Å². The van der Waals surface area contributed by atoms with Gasteiger partial charge in [0.05, 0.1) is 17.3 Å². The molecule has 0 saturated carbocycles. The molecule has 0 aromatic rings. The maximum Gasteiger partial charge on any atom is 0.303 e. The number of hydrogen-bond acceptors (Lipinski definition) is 9. The lowest BCUT2D eigenvalue weighted by atomic mass is 10.2. The van der Waals surface area contributed by atoms with Gasteiger partial charge in [-0.3, -0.25) is 42.8 Å². The summed E-state index contributed by atoms with van der Waals surface area (Å²) in [6, 6.07) is 0. The number of carbonyl (C=O) groups is 3. The fourth-order valence-corrected chi connectivity index (χ4v) is 7.09. The third-order valence-electron chi connectivity index (χ3n) is 6.10. The third kappa shape index (κ3) is 11.9. The van der Waals surface area contributed by atoms with E-state index in [1.165, 1.54) is 0 Å². The second kappa shape index (κ2) is 16.7. The summed E-state index contributed by atoms with van der Waals surface area (Å²) < 4.78 is 36.4. The molecule has 1 saturated heterocycles. The molecule has 210 valence electrons. The van der Waals surface area contributed by atoms with E-state index in [2.05, 4.69) is 0 Å². The van der Waals surface area contributed by atoms with Crippen molar-refractivity contribution in [1.82, 2.24) is 14.7 Å². The first-order valence-electron chi connectivity index (χ1n) is 11.4. The van der Waals surface area contributed by atoms with Gasteiger partial charge >= 0.3 is 17.9 Å². The molecule has 0 aromatic carbocycles. The van der Waals surface area contributed by atoms with Crippen LogP contribution in [-0.2, 0) is 28.1 Å². The van der Waals surface area contributed by atoms with E-state index < -0.39 is 59.3 Å². The molecule has 6 atom stereocenters. The average molecular weight is 579 g/mol. The van der Waals surface area contributed by atoms with Gasteiger partial charge in [0.15, 0.2) is 0 Å².